The number of alkyl carbamates (subject to hydrolysis) is 1. The Morgan fingerprint density at radius 3 is 2.28 bits per heavy atom. The van der Waals surface area contributed by atoms with E-state index in [2.05, 4.69) is 65.5 Å². The van der Waals surface area contributed by atoms with E-state index in [4.69, 9.17) is 22.1 Å². The SMILES string of the molecule is C=CCOC(=O)N[C@H](C(=O)N[C@@H](CCCNC(N)=O)C(=O)Nc1ccc(C[N+](C)(C)CCC[C@@H]2Cc3ccccc3CN2C(=O)c2ccc(Cl)cc2-c2cc(C(=O)N(c3ccc(O)cc3)c3cc(C#N)n(C)c3C)c(C)n2C)c(CNC)c1)C(C)C. The quantitative estimate of drug-likeness (QED) is 0.0163. The molecular weight excluding hydrogens is 1110 g/mol. The largest absolute Gasteiger partial charge is 0.508 e. The Morgan fingerprint density at radius 1 is 0.895 bits per heavy atom. The van der Waals surface area contributed by atoms with E-state index >= 15 is 9.59 Å². The van der Waals surface area contributed by atoms with Crippen molar-refractivity contribution in [3.05, 3.63) is 165 Å². The zero-order chi connectivity index (χ0) is 62.6. The Morgan fingerprint density at radius 2 is 1.62 bits per heavy atom. The molecule has 0 saturated carbocycles. The van der Waals surface area contributed by atoms with Crippen LogP contribution < -0.4 is 37.2 Å². The third kappa shape index (κ3) is 15.7. The summed E-state index contributed by atoms with van der Waals surface area (Å²) >= 11 is 6.78. The number of anilines is 3. The molecule has 0 saturated heterocycles. The van der Waals surface area contributed by atoms with E-state index < -0.39 is 36.0 Å². The molecule has 2 aromatic heterocycles. The normalized spacial score (nSPS) is 13.7. The number of nitrogens with zero attached hydrogens (tertiary/aromatic N) is 6. The van der Waals surface area contributed by atoms with Crippen LogP contribution >= 0.6 is 11.6 Å². The second-order valence-corrected chi connectivity index (χ2v) is 23.3. The Bertz CT molecular complexity index is 3530. The number of nitrogens with two attached hydrogens (primary N) is 1. The number of nitrogens with one attached hydrogen (secondary N) is 5. The van der Waals surface area contributed by atoms with Gasteiger partial charge in [-0.15, -0.1) is 0 Å². The van der Waals surface area contributed by atoms with Crippen LogP contribution in [-0.2, 0) is 54.5 Å². The highest BCUT2D eigenvalue weighted by Crippen LogP contribution is 2.38. The summed E-state index contributed by atoms with van der Waals surface area (Å²) < 4.78 is 9.28. The summed E-state index contributed by atoms with van der Waals surface area (Å²) in [7, 11) is 9.82. The smallest absolute Gasteiger partial charge is 0.408 e. The third-order valence-corrected chi connectivity index (χ3v) is 16.2. The maximum absolute atomic E-state index is 15.4. The summed E-state index contributed by atoms with van der Waals surface area (Å²) in [5.41, 5.74) is 14.8. The van der Waals surface area contributed by atoms with E-state index in [9.17, 15) is 29.5 Å². The van der Waals surface area contributed by atoms with Crippen LogP contribution in [0, 0.1) is 31.1 Å². The molecule has 0 radical (unpaired) electrons. The van der Waals surface area contributed by atoms with Gasteiger partial charge in [-0.05, 0) is 142 Å². The summed E-state index contributed by atoms with van der Waals surface area (Å²) in [5, 5.41) is 34.7. The molecule has 1 aliphatic rings. The van der Waals surface area contributed by atoms with Crippen LogP contribution in [0.2, 0.25) is 5.02 Å². The molecule has 0 spiro atoms. The van der Waals surface area contributed by atoms with Crippen LogP contribution in [0.3, 0.4) is 0 Å². The minimum absolute atomic E-state index is 0.0363. The molecule has 6 aromatic rings. The van der Waals surface area contributed by atoms with Crippen molar-refractivity contribution < 1.29 is 43.1 Å². The lowest BCUT2D eigenvalue weighted by atomic mass is 9.90. The number of fused-ring (bicyclic) bond motifs is 1. The summed E-state index contributed by atoms with van der Waals surface area (Å²) in [5.74, 6) is -1.91. The highest BCUT2D eigenvalue weighted by atomic mass is 35.5. The van der Waals surface area contributed by atoms with Crippen molar-refractivity contribution in [1.29, 1.82) is 5.26 Å². The van der Waals surface area contributed by atoms with Crippen LogP contribution in [0.4, 0.5) is 26.7 Å². The molecule has 7 rings (SSSR count). The van der Waals surface area contributed by atoms with E-state index in [0.29, 0.717) is 105 Å². The number of carbonyl (C=O) groups is 6. The van der Waals surface area contributed by atoms with Crippen molar-refractivity contribution in [2.24, 2.45) is 25.7 Å². The summed E-state index contributed by atoms with van der Waals surface area (Å²) in [6.07, 6.45) is 3.24. The fraction of sp³-hybridized carbons (Fsp3) is 0.369. The lowest BCUT2D eigenvalue weighted by Crippen LogP contribution is -2.54. The Labute approximate surface area is 508 Å². The van der Waals surface area contributed by atoms with Crippen molar-refractivity contribution in [2.45, 2.75) is 97.6 Å². The zero-order valence-electron chi connectivity index (χ0n) is 50.6. The number of hydrogen-bond donors (Lipinski definition) is 7. The fourth-order valence-corrected chi connectivity index (χ4v) is 11.2. The molecule has 0 aliphatic carbocycles. The van der Waals surface area contributed by atoms with Crippen molar-refractivity contribution in [2.75, 3.05) is 51.1 Å². The number of urea groups is 1. The summed E-state index contributed by atoms with van der Waals surface area (Å²) in [6.45, 7) is 13.2. The molecule has 3 atom stereocenters. The van der Waals surface area contributed by atoms with Gasteiger partial charge in [0, 0.05) is 89.9 Å². The Balaban J connectivity index is 1.09. The predicted octanol–water partition coefficient (Wildman–Crippen LogP) is 9.01. The minimum atomic E-state index is -1.04. The highest BCUT2D eigenvalue weighted by Gasteiger charge is 2.35. The topological polar surface area (TPSA) is 258 Å². The van der Waals surface area contributed by atoms with Gasteiger partial charge in [-0.2, -0.15) is 5.26 Å². The van der Waals surface area contributed by atoms with Gasteiger partial charge in [0.1, 0.15) is 42.7 Å². The Hall–Kier alpha value is -8.90. The van der Waals surface area contributed by atoms with Gasteiger partial charge in [-0.1, -0.05) is 68.4 Å². The van der Waals surface area contributed by atoms with Crippen LogP contribution in [0.15, 0.2) is 110 Å². The van der Waals surface area contributed by atoms with Crippen molar-refractivity contribution in [3.63, 3.8) is 0 Å². The standard InChI is InChI=1S/C65H79ClN12O8/c1-11-30-86-65(85)73-59(40(2)3)61(81)72-56(19-14-28-70-64(68)84)60(80)71-48-22-20-45(46(31-48)37-69-6)39-78(9,10)29-15-18-50-32-43-16-12-13-17-44(43)38-76(50)62(82)53-27-21-47(66)33-55(53)58-35-54(41(4)75(58)8)63(83)77(49-23-25-52(79)26-24-49)57-34-51(36-67)74(7)42(57)5/h11-13,16-17,20-27,31,33-35,40,50,56,59,69H,1,14-15,18-19,28-30,32,37-39H2,2-10H3,(H6-,68,70,71,72,73,79,80,81,84,85)/p+1/t50-,56+,59+/m1/s1. The number of hydrogen-bond acceptors (Lipinski definition) is 10. The van der Waals surface area contributed by atoms with Gasteiger partial charge in [-0.3, -0.25) is 24.1 Å². The molecule has 4 aromatic carbocycles. The second kappa shape index (κ2) is 28.8. The van der Waals surface area contributed by atoms with Gasteiger partial charge in [-0.25, -0.2) is 9.59 Å². The number of nitriles is 1. The number of benzene rings is 4. The highest BCUT2D eigenvalue weighted by molar-refractivity contribution is 6.31. The maximum atomic E-state index is 15.4. The molecule has 21 heteroatoms. The molecule has 0 unspecified atom stereocenters. The molecule has 0 bridgehead atoms. The third-order valence-electron chi connectivity index (χ3n) is 15.9. The number of halogens is 1. The van der Waals surface area contributed by atoms with Crippen LogP contribution in [0.1, 0.15) is 99.6 Å². The number of primary amides is 1. The molecule has 1 aliphatic heterocycles. The number of phenols is 1. The number of aromatic hydroxyl groups is 1. The van der Waals surface area contributed by atoms with Crippen LogP contribution in [0.25, 0.3) is 11.3 Å². The van der Waals surface area contributed by atoms with Crippen molar-refractivity contribution >= 4 is 64.4 Å². The minimum Gasteiger partial charge on any atom is -0.508 e. The number of ether oxygens (including phenoxy) is 1. The first-order valence-corrected chi connectivity index (χ1v) is 29.1. The molecule has 0 fully saturated rings. The number of quaternary nitrogens is 1. The molecule has 454 valence electrons. The average Bonchev–Trinajstić information content (AvgIpc) is 1.66. The van der Waals surface area contributed by atoms with Gasteiger partial charge in [0.05, 0.1) is 31.9 Å². The van der Waals surface area contributed by atoms with E-state index in [1.807, 2.05) is 67.7 Å². The first-order valence-electron chi connectivity index (χ1n) is 28.8. The molecule has 86 heavy (non-hydrogen) atoms. The lowest BCUT2D eigenvalue weighted by molar-refractivity contribution is -0.903. The number of carbonyl (C=O) groups excluding carboxylic acids is 6. The van der Waals surface area contributed by atoms with Gasteiger partial charge >= 0.3 is 12.1 Å². The van der Waals surface area contributed by atoms with E-state index in [0.717, 1.165) is 29.7 Å². The van der Waals surface area contributed by atoms with Gasteiger partial charge < -0.3 is 60.7 Å². The van der Waals surface area contributed by atoms with Gasteiger partial charge in [0.2, 0.25) is 11.8 Å². The number of aromatic nitrogens is 2. The van der Waals surface area contributed by atoms with Crippen LogP contribution in [0.5, 0.6) is 5.75 Å². The molecular formula is C65H80ClN12O8+. The monoisotopic (exact) mass is 1190 g/mol. The second-order valence-electron chi connectivity index (χ2n) is 22.9. The molecule has 8 N–H and O–H groups in total. The molecule has 7 amide bonds. The van der Waals surface area contributed by atoms with Crippen LogP contribution in [-0.4, -0.2) is 118 Å². The summed E-state index contributed by atoms with van der Waals surface area (Å²) in [4.78, 5) is 85.4. The maximum Gasteiger partial charge on any atom is 0.408 e. The first-order chi connectivity index (χ1) is 40.9. The fourth-order valence-electron chi connectivity index (χ4n) is 11.1. The summed E-state index contributed by atoms with van der Waals surface area (Å²) in [6, 6.07) is 28.3. The molecule has 20 nitrogen and oxygen atoms in total. The Kier molecular flexibility index (Phi) is 21.6. The molecule has 3 heterocycles. The number of amides is 7. The first kappa shape index (κ1) is 64.7. The van der Waals surface area contributed by atoms with Gasteiger partial charge in [0.15, 0.2) is 0 Å². The number of phenolic OH excluding ortho intramolecular Hbond substituents is 1. The van der Waals surface area contributed by atoms with E-state index in [-0.39, 0.29) is 49.1 Å². The van der Waals surface area contributed by atoms with Crippen molar-refractivity contribution in [3.8, 4) is 23.1 Å². The lowest BCUT2D eigenvalue weighted by Gasteiger charge is -2.38. The zero-order valence-corrected chi connectivity index (χ0v) is 51.3. The van der Waals surface area contributed by atoms with E-state index in [1.165, 1.54) is 23.8 Å². The predicted molar refractivity (Wildman–Crippen MR) is 334 cm³/mol. The number of rotatable bonds is 25. The van der Waals surface area contributed by atoms with Crippen molar-refractivity contribution in [1.82, 2.24) is 35.3 Å². The van der Waals surface area contributed by atoms with Gasteiger partial charge in [0.25, 0.3) is 11.8 Å². The van der Waals surface area contributed by atoms with E-state index in [1.54, 1.807) is 72.8 Å². The average molecular weight is 1190 g/mol.